The van der Waals surface area contributed by atoms with Gasteiger partial charge in [-0.1, -0.05) is 41.9 Å². The second kappa shape index (κ2) is 6.15. The first kappa shape index (κ1) is 13.3. The summed E-state index contributed by atoms with van der Waals surface area (Å²) in [5.74, 6) is -0.595. The summed E-state index contributed by atoms with van der Waals surface area (Å²) in [5, 5.41) is 2.32. The minimum Gasteiger partial charge on any atom is -0.444 e. The van der Waals surface area contributed by atoms with Crippen molar-refractivity contribution >= 4 is 23.4 Å². The van der Waals surface area contributed by atoms with Crippen molar-refractivity contribution in [1.29, 1.82) is 0 Å². The van der Waals surface area contributed by atoms with Gasteiger partial charge in [0.05, 0.1) is 11.9 Å². The summed E-state index contributed by atoms with van der Waals surface area (Å²) < 4.78 is 17.9. The Morgan fingerprint density at radius 3 is 2.84 bits per heavy atom. The molecule has 0 spiro atoms. The van der Waals surface area contributed by atoms with Crippen LogP contribution in [0.2, 0.25) is 5.15 Å². The normalized spacial score (nSPS) is 10.0. The molecule has 6 heteroatoms. The number of anilines is 1. The van der Waals surface area contributed by atoms with Crippen molar-refractivity contribution in [2.45, 2.75) is 6.61 Å². The van der Waals surface area contributed by atoms with Crippen LogP contribution >= 0.6 is 11.6 Å². The molecule has 1 N–H and O–H groups in total. The Bertz CT molecular complexity index is 578. The zero-order valence-corrected chi connectivity index (χ0v) is 10.5. The summed E-state index contributed by atoms with van der Waals surface area (Å²) in [6.45, 7) is 0.118. The van der Waals surface area contributed by atoms with Gasteiger partial charge in [-0.3, -0.25) is 5.32 Å². The fraction of sp³-hybridized carbons (Fsp3) is 0.0769. The molecule has 0 bridgehead atoms. The molecule has 1 heterocycles. The van der Waals surface area contributed by atoms with Gasteiger partial charge in [0, 0.05) is 6.07 Å². The number of hydrogen-bond donors (Lipinski definition) is 1. The second-order valence-corrected chi connectivity index (χ2v) is 4.04. The van der Waals surface area contributed by atoms with Crippen LogP contribution in [0.4, 0.5) is 14.9 Å². The van der Waals surface area contributed by atoms with Crippen LogP contribution in [0.25, 0.3) is 0 Å². The number of pyridine rings is 1. The Labute approximate surface area is 114 Å². The molecule has 2 rings (SSSR count). The molecule has 4 nitrogen and oxygen atoms in total. The molecule has 19 heavy (non-hydrogen) atoms. The highest BCUT2D eigenvalue weighted by atomic mass is 35.5. The molecule has 1 amide bonds. The molecule has 0 unspecified atom stereocenters. The van der Waals surface area contributed by atoms with Gasteiger partial charge in [-0.2, -0.15) is 0 Å². The number of carbonyl (C=O) groups is 1. The number of rotatable bonds is 3. The first-order valence-electron chi connectivity index (χ1n) is 5.44. The van der Waals surface area contributed by atoms with Crippen LogP contribution in [0, 0.1) is 5.82 Å². The standard InChI is InChI=1S/C13H10ClFN2O2/c14-12-11(6-10(15)7-16-12)17-13(18)19-8-9-4-2-1-3-5-9/h1-7H,8H2,(H,17,18). The van der Waals surface area contributed by atoms with Crippen molar-refractivity contribution in [3.63, 3.8) is 0 Å². The van der Waals surface area contributed by atoms with Gasteiger partial charge in [-0.05, 0) is 5.56 Å². The first-order valence-corrected chi connectivity index (χ1v) is 5.81. The number of halogens is 2. The van der Waals surface area contributed by atoms with Gasteiger partial charge in [-0.25, -0.2) is 14.2 Å². The van der Waals surface area contributed by atoms with Crippen LogP contribution in [0.1, 0.15) is 5.56 Å². The summed E-state index contributed by atoms with van der Waals surface area (Å²) >= 11 is 5.71. The van der Waals surface area contributed by atoms with E-state index in [0.29, 0.717) is 0 Å². The Hall–Kier alpha value is -2.14. The minimum absolute atomic E-state index is 0.00180. The Morgan fingerprint density at radius 2 is 2.11 bits per heavy atom. The lowest BCUT2D eigenvalue weighted by atomic mass is 10.2. The zero-order chi connectivity index (χ0) is 13.7. The predicted molar refractivity (Wildman–Crippen MR) is 69.5 cm³/mol. The van der Waals surface area contributed by atoms with Crippen molar-refractivity contribution in [2.24, 2.45) is 0 Å². The number of aromatic nitrogens is 1. The summed E-state index contributed by atoms with van der Waals surface area (Å²) in [4.78, 5) is 15.1. The highest BCUT2D eigenvalue weighted by molar-refractivity contribution is 6.32. The lowest BCUT2D eigenvalue weighted by Crippen LogP contribution is -2.14. The molecule has 0 atom stereocenters. The van der Waals surface area contributed by atoms with E-state index in [1.165, 1.54) is 0 Å². The molecule has 0 fully saturated rings. The van der Waals surface area contributed by atoms with Crippen molar-refractivity contribution < 1.29 is 13.9 Å². The molecule has 0 aliphatic rings. The second-order valence-electron chi connectivity index (χ2n) is 3.68. The monoisotopic (exact) mass is 280 g/mol. The van der Waals surface area contributed by atoms with Gasteiger partial charge < -0.3 is 4.74 Å². The molecule has 1 aromatic carbocycles. The molecular formula is C13H10ClFN2O2. The van der Waals surface area contributed by atoms with E-state index < -0.39 is 11.9 Å². The van der Waals surface area contributed by atoms with Gasteiger partial charge in [-0.15, -0.1) is 0 Å². The summed E-state index contributed by atoms with van der Waals surface area (Å²) in [7, 11) is 0. The quantitative estimate of drug-likeness (QED) is 0.874. The topological polar surface area (TPSA) is 51.2 Å². The van der Waals surface area contributed by atoms with Gasteiger partial charge in [0.15, 0.2) is 5.15 Å². The average molecular weight is 281 g/mol. The molecule has 0 aliphatic heterocycles. The number of ether oxygens (including phenoxy) is 1. The van der Waals surface area contributed by atoms with Crippen LogP contribution in [0.5, 0.6) is 0 Å². The van der Waals surface area contributed by atoms with Crippen molar-refractivity contribution in [1.82, 2.24) is 4.98 Å². The highest BCUT2D eigenvalue weighted by Crippen LogP contribution is 2.19. The molecule has 0 radical (unpaired) electrons. The Kier molecular flexibility index (Phi) is 4.30. The number of nitrogens with one attached hydrogen (secondary N) is 1. The number of amides is 1. The van der Waals surface area contributed by atoms with Crippen molar-refractivity contribution in [3.05, 3.63) is 59.1 Å². The number of benzene rings is 1. The van der Waals surface area contributed by atoms with Crippen LogP contribution in [-0.2, 0) is 11.3 Å². The van der Waals surface area contributed by atoms with Crippen LogP contribution in [0.3, 0.4) is 0 Å². The van der Waals surface area contributed by atoms with Gasteiger partial charge >= 0.3 is 6.09 Å². The van der Waals surface area contributed by atoms with Gasteiger partial charge in [0.2, 0.25) is 0 Å². The van der Waals surface area contributed by atoms with E-state index in [9.17, 15) is 9.18 Å². The van der Waals surface area contributed by atoms with Crippen LogP contribution in [0.15, 0.2) is 42.6 Å². The number of nitrogens with zero attached hydrogens (tertiary/aromatic N) is 1. The molecule has 0 saturated heterocycles. The lowest BCUT2D eigenvalue weighted by molar-refractivity contribution is 0.155. The fourth-order valence-corrected chi connectivity index (χ4v) is 1.53. The summed E-state index contributed by atoms with van der Waals surface area (Å²) in [5.41, 5.74) is 0.917. The van der Waals surface area contributed by atoms with E-state index in [0.717, 1.165) is 17.8 Å². The maximum Gasteiger partial charge on any atom is 0.412 e. The molecular weight excluding hydrogens is 271 g/mol. The predicted octanol–water partition coefficient (Wildman–Crippen LogP) is 3.62. The zero-order valence-electron chi connectivity index (χ0n) is 9.77. The van der Waals surface area contributed by atoms with Crippen LogP contribution < -0.4 is 5.32 Å². The van der Waals surface area contributed by atoms with E-state index in [2.05, 4.69) is 10.3 Å². The van der Waals surface area contributed by atoms with Crippen LogP contribution in [-0.4, -0.2) is 11.1 Å². The van der Waals surface area contributed by atoms with Gasteiger partial charge in [0.25, 0.3) is 0 Å². The molecule has 98 valence electrons. The van der Waals surface area contributed by atoms with E-state index >= 15 is 0 Å². The molecule has 0 aliphatic carbocycles. The van der Waals surface area contributed by atoms with Crippen molar-refractivity contribution in [2.75, 3.05) is 5.32 Å². The highest BCUT2D eigenvalue weighted by Gasteiger charge is 2.09. The number of carbonyl (C=O) groups excluding carboxylic acids is 1. The third kappa shape index (κ3) is 3.93. The van der Waals surface area contributed by atoms with Gasteiger partial charge in [0.1, 0.15) is 12.4 Å². The minimum atomic E-state index is -0.724. The average Bonchev–Trinajstić information content (AvgIpc) is 2.42. The summed E-state index contributed by atoms with van der Waals surface area (Å²) in [6, 6.07) is 10.3. The molecule has 0 saturated carbocycles. The van der Waals surface area contributed by atoms with E-state index in [1.807, 2.05) is 30.3 Å². The van der Waals surface area contributed by atoms with E-state index in [4.69, 9.17) is 16.3 Å². The van der Waals surface area contributed by atoms with E-state index in [-0.39, 0.29) is 17.4 Å². The smallest absolute Gasteiger partial charge is 0.412 e. The lowest BCUT2D eigenvalue weighted by Gasteiger charge is -2.07. The summed E-state index contributed by atoms with van der Waals surface area (Å²) in [6.07, 6.45) is 0.237. The van der Waals surface area contributed by atoms with Crippen molar-refractivity contribution in [3.8, 4) is 0 Å². The number of hydrogen-bond acceptors (Lipinski definition) is 3. The molecule has 2 aromatic rings. The first-order chi connectivity index (χ1) is 9.15. The van der Waals surface area contributed by atoms with E-state index in [1.54, 1.807) is 0 Å². The largest absolute Gasteiger partial charge is 0.444 e. The Balaban J connectivity index is 1.93. The fourth-order valence-electron chi connectivity index (χ4n) is 1.38. The molecule has 1 aromatic heterocycles. The maximum absolute atomic E-state index is 12.9. The maximum atomic E-state index is 12.9. The SMILES string of the molecule is O=C(Nc1cc(F)cnc1Cl)OCc1ccccc1. The third-order valence-electron chi connectivity index (χ3n) is 2.26. The Morgan fingerprint density at radius 1 is 1.37 bits per heavy atom. The third-order valence-corrected chi connectivity index (χ3v) is 2.56.